The summed E-state index contributed by atoms with van der Waals surface area (Å²) in [5, 5.41) is 3.64. The molecule has 2 aromatic rings. The molecule has 1 aliphatic rings. The van der Waals surface area contributed by atoms with Crippen molar-refractivity contribution >= 4 is 0 Å². The van der Waals surface area contributed by atoms with E-state index >= 15 is 0 Å². The van der Waals surface area contributed by atoms with Gasteiger partial charge in [-0.3, -0.25) is 0 Å². The fourth-order valence-corrected chi connectivity index (χ4v) is 3.41. The summed E-state index contributed by atoms with van der Waals surface area (Å²) < 4.78 is 21.9. The van der Waals surface area contributed by atoms with Gasteiger partial charge in [0.1, 0.15) is 5.75 Å². The second kappa shape index (κ2) is 7.66. The minimum atomic E-state index is 0.0668. The highest BCUT2D eigenvalue weighted by Crippen LogP contribution is 2.41. The molecule has 0 bridgehead atoms. The summed E-state index contributed by atoms with van der Waals surface area (Å²) in [7, 11) is 6.60. The lowest BCUT2D eigenvalue weighted by atomic mass is 9.93. The molecule has 0 aromatic heterocycles. The predicted octanol–water partition coefficient (Wildman–Crippen LogP) is 3.35. The molecule has 0 radical (unpaired) electrons. The van der Waals surface area contributed by atoms with Gasteiger partial charge in [-0.2, -0.15) is 0 Å². The SMILES string of the molecule is COc1ccc2c(c1)CCCNC2c1cc(OC)c(OC)c(OC)c1. The smallest absolute Gasteiger partial charge is 0.203 e. The summed E-state index contributed by atoms with van der Waals surface area (Å²) in [6, 6.07) is 10.4. The van der Waals surface area contributed by atoms with Gasteiger partial charge in [0.25, 0.3) is 0 Å². The summed E-state index contributed by atoms with van der Waals surface area (Å²) in [6.45, 7) is 0.943. The number of ether oxygens (including phenoxy) is 4. The number of rotatable bonds is 5. The van der Waals surface area contributed by atoms with Crippen molar-refractivity contribution in [2.75, 3.05) is 35.0 Å². The Balaban J connectivity index is 2.10. The molecule has 0 aliphatic carbocycles. The average molecular weight is 343 g/mol. The van der Waals surface area contributed by atoms with Crippen LogP contribution in [-0.2, 0) is 6.42 Å². The maximum Gasteiger partial charge on any atom is 0.203 e. The van der Waals surface area contributed by atoms with E-state index < -0.39 is 0 Å². The van der Waals surface area contributed by atoms with Gasteiger partial charge in [-0.05, 0) is 60.3 Å². The first-order valence-corrected chi connectivity index (χ1v) is 8.42. The number of methoxy groups -OCH3 is 4. The van der Waals surface area contributed by atoms with Crippen molar-refractivity contribution in [3.63, 3.8) is 0 Å². The zero-order valence-corrected chi connectivity index (χ0v) is 15.2. The van der Waals surface area contributed by atoms with Crippen molar-refractivity contribution < 1.29 is 18.9 Å². The molecule has 3 rings (SSSR count). The van der Waals surface area contributed by atoms with Crippen LogP contribution in [0.15, 0.2) is 30.3 Å². The van der Waals surface area contributed by atoms with Gasteiger partial charge >= 0.3 is 0 Å². The fourth-order valence-electron chi connectivity index (χ4n) is 3.41. The molecule has 0 spiro atoms. The summed E-state index contributed by atoms with van der Waals surface area (Å²) in [4.78, 5) is 0. The van der Waals surface area contributed by atoms with E-state index in [4.69, 9.17) is 18.9 Å². The van der Waals surface area contributed by atoms with Crippen LogP contribution in [0.1, 0.15) is 29.2 Å². The van der Waals surface area contributed by atoms with E-state index in [1.807, 2.05) is 18.2 Å². The van der Waals surface area contributed by atoms with E-state index in [-0.39, 0.29) is 6.04 Å². The first-order chi connectivity index (χ1) is 12.2. The van der Waals surface area contributed by atoms with Gasteiger partial charge in [-0.1, -0.05) is 6.07 Å². The molecule has 1 N–H and O–H groups in total. The average Bonchev–Trinajstić information content (AvgIpc) is 2.88. The Labute approximate surface area is 148 Å². The standard InChI is InChI=1S/C20H25NO4/c1-22-15-7-8-16-13(10-15)6-5-9-21-19(16)14-11-17(23-2)20(25-4)18(12-14)24-3/h7-8,10-12,19,21H,5-6,9H2,1-4H3. The molecule has 0 amide bonds. The van der Waals surface area contributed by atoms with Crippen LogP contribution in [0.5, 0.6) is 23.0 Å². The van der Waals surface area contributed by atoms with Gasteiger partial charge in [-0.25, -0.2) is 0 Å². The highest BCUT2D eigenvalue weighted by Gasteiger charge is 2.23. The number of nitrogens with one attached hydrogen (secondary N) is 1. The number of hydrogen-bond donors (Lipinski definition) is 1. The minimum absolute atomic E-state index is 0.0668. The summed E-state index contributed by atoms with van der Waals surface area (Å²) >= 11 is 0. The second-order valence-electron chi connectivity index (χ2n) is 6.01. The summed E-state index contributed by atoms with van der Waals surface area (Å²) in [6.07, 6.45) is 2.11. The van der Waals surface area contributed by atoms with Gasteiger partial charge in [0.15, 0.2) is 11.5 Å². The minimum Gasteiger partial charge on any atom is -0.497 e. The number of benzene rings is 2. The zero-order chi connectivity index (χ0) is 17.8. The molecule has 2 aromatic carbocycles. The van der Waals surface area contributed by atoms with Crippen LogP contribution in [0.3, 0.4) is 0 Å². The first kappa shape index (κ1) is 17.4. The Morgan fingerprint density at radius 3 is 2.20 bits per heavy atom. The molecule has 1 atom stereocenters. The van der Waals surface area contributed by atoms with Crippen LogP contribution in [0, 0.1) is 0 Å². The number of aryl methyl sites for hydroxylation is 1. The maximum absolute atomic E-state index is 5.51. The van der Waals surface area contributed by atoms with Crippen LogP contribution >= 0.6 is 0 Å². The molecule has 134 valence electrons. The molecular weight excluding hydrogens is 318 g/mol. The lowest BCUT2D eigenvalue weighted by molar-refractivity contribution is 0.323. The molecular formula is C20H25NO4. The predicted molar refractivity (Wildman–Crippen MR) is 97.3 cm³/mol. The van der Waals surface area contributed by atoms with Gasteiger partial charge < -0.3 is 24.3 Å². The van der Waals surface area contributed by atoms with Crippen molar-refractivity contribution in [2.24, 2.45) is 0 Å². The van der Waals surface area contributed by atoms with E-state index in [9.17, 15) is 0 Å². The number of hydrogen-bond acceptors (Lipinski definition) is 5. The second-order valence-corrected chi connectivity index (χ2v) is 6.01. The Kier molecular flexibility index (Phi) is 5.34. The molecule has 1 heterocycles. The van der Waals surface area contributed by atoms with Crippen LogP contribution < -0.4 is 24.3 Å². The van der Waals surface area contributed by atoms with E-state index in [1.54, 1.807) is 28.4 Å². The topological polar surface area (TPSA) is 49.0 Å². The monoisotopic (exact) mass is 343 g/mol. The lowest BCUT2D eigenvalue weighted by Crippen LogP contribution is -2.22. The van der Waals surface area contributed by atoms with E-state index in [0.29, 0.717) is 17.2 Å². The summed E-state index contributed by atoms with van der Waals surface area (Å²) in [5.74, 6) is 2.83. The van der Waals surface area contributed by atoms with Crippen molar-refractivity contribution in [3.05, 3.63) is 47.0 Å². The Hall–Kier alpha value is -2.40. The largest absolute Gasteiger partial charge is 0.497 e. The highest BCUT2D eigenvalue weighted by atomic mass is 16.5. The molecule has 25 heavy (non-hydrogen) atoms. The Bertz CT molecular complexity index is 719. The van der Waals surface area contributed by atoms with E-state index in [0.717, 1.165) is 30.7 Å². The van der Waals surface area contributed by atoms with Crippen molar-refractivity contribution in [1.82, 2.24) is 5.32 Å². The normalized spacial score (nSPS) is 16.6. The maximum atomic E-state index is 5.51. The molecule has 5 nitrogen and oxygen atoms in total. The number of fused-ring (bicyclic) bond motifs is 1. The third-order valence-electron chi connectivity index (χ3n) is 4.65. The summed E-state index contributed by atoms with van der Waals surface area (Å²) in [5.41, 5.74) is 3.65. The quantitative estimate of drug-likeness (QED) is 0.902. The van der Waals surface area contributed by atoms with Gasteiger partial charge in [0.05, 0.1) is 34.5 Å². The fraction of sp³-hybridized carbons (Fsp3) is 0.400. The molecule has 0 saturated carbocycles. The van der Waals surface area contributed by atoms with Gasteiger partial charge in [0.2, 0.25) is 5.75 Å². The Morgan fingerprint density at radius 1 is 0.880 bits per heavy atom. The third kappa shape index (κ3) is 3.37. The first-order valence-electron chi connectivity index (χ1n) is 8.42. The van der Waals surface area contributed by atoms with E-state index in [2.05, 4.69) is 17.4 Å². The van der Waals surface area contributed by atoms with Crippen molar-refractivity contribution in [3.8, 4) is 23.0 Å². The highest BCUT2D eigenvalue weighted by molar-refractivity contribution is 5.56. The van der Waals surface area contributed by atoms with Crippen molar-refractivity contribution in [2.45, 2.75) is 18.9 Å². The molecule has 1 aliphatic heterocycles. The van der Waals surface area contributed by atoms with Gasteiger partial charge in [-0.15, -0.1) is 0 Å². The van der Waals surface area contributed by atoms with Crippen LogP contribution in [-0.4, -0.2) is 35.0 Å². The van der Waals surface area contributed by atoms with Crippen LogP contribution in [0.4, 0.5) is 0 Å². The van der Waals surface area contributed by atoms with Crippen LogP contribution in [0.25, 0.3) is 0 Å². The molecule has 0 fully saturated rings. The third-order valence-corrected chi connectivity index (χ3v) is 4.65. The lowest BCUT2D eigenvalue weighted by Gasteiger charge is -2.22. The van der Waals surface area contributed by atoms with Crippen molar-refractivity contribution in [1.29, 1.82) is 0 Å². The molecule has 5 heteroatoms. The van der Waals surface area contributed by atoms with Gasteiger partial charge in [0, 0.05) is 0 Å². The van der Waals surface area contributed by atoms with E-state index in [1.165, 1.54) is 11.1 Å². The molecule has 1 unspecified atom stereocenters. The molecule has 0 saturated heterocycles. The van der Waals surface area contributed by atoms with Crippen LogP contribution in [0.2, 0.25) is 0 Å². The zero-order valence-electron chi connectivity index (χ0n) is 15.2. The Morgan fingerprint density at radius 2 is 1.60 bits per heavy atom.